The second-order valence-corrected chi connectivity index (χ2v) is 6.54. The maximum Gasteiger partial charge on any atom is 0.508 e. The highest BCUT2D eigenvalue weighted by Gasteiger charge is 2.03. The molecule has 3 heteroatoms. The molecule has 0 saturated heterocycles. The summed E-state index contributed by atoms with van der Waals surface area (Å²) in [4.78, 5) is 11.4. The molecule has 0 aliphatic carbocycles. The predicted molar refractivity (Wildman–Crippen MR) is 97.9 cm³/mol. The van der Waals surface area contributed by atoms with Crippen LogP contribution in [-0.4, -0.2) is 19.4 Å². The van der Waals surface area contributed by atoms with Gasteiger partial charge in [-0.25, -0.2) is 4.79 Å². The van der Waals surface area contributed by atoms with E-state index in [9.17, 15) is 4.79 Å². The fourth-order valence-corrected chi connectivity index (χ4v) is 2.65. The minimum atomic E-state index is -0.487. The molecule has 0 unspecified atom stereocenters. The highest BCUT2D eigenvalue weighted by molar-refractivity contribution is 5.59. The summed E-state index contributed by atoms with van der Waals surface area (Å²) >= 11 is 0. The molecule has 0 heterocycles. The van der Waals surface area contributed by atoms with Gasteiger partial charge < -0.3 is 9.47 Å². The van der Waals surface area contributed by atoms with Crippen molar-refractivity contribution < 1.29 is 14.3 Å². The number of carbonyl (C=O) groups excluding carboxylic acids is 1. The molecule has 0 amide bonds. The summed E-state index contributed by atoms with van der Waals surface area (Å²) in [5.74, 6) is 0. The number of unbranched alkanes of at least 4 members (excludes halogenated alkanes) is 13. The zero-order valence-corrected chi connectivity index (χ0v) is 15.7. The monoisotopic (exact) mass is 328 g/mol. The number of rotatable bonds is 17. The van der Waals surface area contributed by atoms with Crippen molar-refractivity contribution in [3.05, 3.63) is 0 Å². The van der Waals surface area contributed by atoms with E-state index in [1.807, 2.05) is 0 Å². The highest BCUT2D eigenvalue weighted by Crippen LogP contribution is 2.09. The molecule has 0 aromatic rings. The molecule has 0 aliphatic heterocycles. The molecule has 0 rings (SSSR count). The summed E-state index contributed by atoms with van der Waals surface area (Å²) in [6.07, 6.45) is 18.1. The zero-order valence-electron chi connectivity index (χ0n) is 15.7. The van der Waals surface area contributed by atoms with E-state index in [4.69, 9.17) is 9.47 Å². The SMILES string of the molecule is CCCCCCCCCCOC(=O)OCCCCCCCCC. The Morgan fingerprint density at radius 3 is 1.17 bits per heavy atom. The van der Waals surface area contributed by atoms with Crippen LogP contribution in [0.4, 0.5) is 4.79 Å². The molecule has 23 heavy (non-hydrogen) atoms. The van der Waals surface area contributed by atoms with Crippen LogP contribution in [0.2, 0.25) is 0 Å². The molecule has 0 aromatic heterocycles. The Kier molecular flexibility index (Phi) is 18.7. The van der Waals surface area contributed by atoms with Crippen LogP contribution < -0.4 is 0 Å². The van der Waals surface area contributed by atoms with Gasteiger partial charge in [-0.2, -0.15) is 0 Å². The summed E-state index contributed by atoms with van der Waals surface area (Å²) in [6.45, 7) is 5.48. The first-order valence-electron chi connectivity index (χ1n) is 10.1. The van der Waals surface area contributed by atoms with E-state index in [0.29, 0.717) is 13.2 Å². The summed E-state index contributed by atoms with van der Waals surface area (Å²) in [5.41, 5.74) is 0. The summed E-state index contributed by atoms with van der Waals surface area (Å²) in [5, 5.41) is 0. The third-order valence-corrected chi connectivity index (χ3v) is 4.19. The molecule has 138 valence electrons. The van der Waals surface area contributed by atoms with Gasteiger partial charge in [0.2, 0.25) is 0 Å². The topological polar surface area (TPSA) is 35.5 Å². The van der Waals surface area contributed by atoms with Crippen molar-refractivity contribution in [1.82, 2.24) is 0 Å². The molecule has 3 nitrogen and oxygen atoms in total. The van der Waals surface area contributed by atoms with Crippen LogP contribution in [0.3, 0.4) is 0 Å². The van der Waals surface area contributed by atoms with Gasteiger partial charge in [0, 0.05) is 0 Å². The molecule has 0 fully saturated rings. The van der Waals surface area contributed by atoms with Crippen LogP contribution in [0, 0.1) is 0 Å². The molecule has 0 bridgehead atoms. The Hall–Kier alpha value is -0.730. The highest BCUT2D eigenvalue weighted by atomic mass is 16.7. The van der Waals surface area contributed by atoms with Crippen molar-refractivity contribution in [1.29, 1.82) is 0 Å². The van der Waals surface area contributed by atoms with Gasteiger partial charge in [0.15, 0.2) is 0 Å². The first-order valence-corrected chi connectivity index (χ1v) is 10.1. The van der Waals surface area contributed by atoms with E-state index in [0.717, 1.165) is 25.7 Å². The maximum absolute atomic E-state index is 11.4. The minimum absolute atomic E-state index is 0.487. The van der Waals surface area contributed by atoms with Gasteiger partial charge in [-0.1, -0.05) is 97.3 Å². The standard InChI is InChI=1S/C20H40O3/c1-3-5-7-9-11-13-15-17-19-23-20(21)22-18-16-14-12-10-8-6-4-2/h3-19H2,1-2H3. The third-order valence-electron chi connectivity index (χ3n) is 4.19. The van der Waals surface area contributed by atoms with Crippen molar-refractivity contribution in [2.75, 3.05) is 13.2 Å². The van der Waals surface area contributed by atoms with E-state index < -0.39 is 6.16 Å². The smallest absolute Gasteiger partial charge is 0.434 e. The van der Waals surface area contributed by atoms with E-state index in [2.05, 4.69) is 13.8 Å². The van der Waals surface area contributed by atoms with Crippen molar-refractivity contribution in [3.8, 4) is 0 Å². The van der Waals surface area contributed by atoms with Gasteiger partial charge in [0.1, 0.15) is 0 Å². The Bertz CT molecular complexity index is 241. The van der Waals surface area contributed by atoms with Crippen LogP contribution in [0.5, 0.6) is 0 Å². The van der Waals surface area contributed by atoms with Crippen LogP contribution in [0.15, 0.2) is 0 Å². The second kappa shape index (κ2) is 19.3. The van der Waals surface area contributed by atoms with Crippen molar-refractivity contribution in [2.45, 2.75) is 110 Å². The molecule has 0 atom stereocenters. The molecule has 0 aromatic carbocycles. The van der Waals surface area contributed by atoms with E-state index in [1.165, 1.54) is 70.6 Å². The predicted octanol–water partition coefficient (Wildman–Crippen LogP) is 7.03. The summed E-state index contributed by atoms with van der Waals surface area (Å²) in [6, 6.07) is 0. The summed E-state index contributed by atoms with van der Waals surface area (Å²) < 4.78 is 10.2. The molecule has 0 radical (unpaired) electrons. The van der Waals surface area contributed by atoms with Crippen molar-refractivity contribution in [3.63, 3.8) is 0 Å². The molecule has 0 N–H and O–H groups in total. The van der Waals surface area contributed by atoms with Crippen molar-refractivity contribution in [2.24, 2.45) is 0 Å². The van der Waals surface area contributed by atoms with Gasteiger partial charge in [0.05, 0.1) is 13.2 Å². The van der Waals surface area contributed by atoms with Crippen LogP contribution in [0.1, 0.15) is 110 Å². The second-order valence-electron chi connectivity index (χ2n) is 6.54. The van der Waals surface area contributed by atoms with Gasteiger partial charge >= 0.3 is 6.16 Å². The first-order chi connectivity index (χ1) is 11.3. The third kappa shape index (κ3) is 19.2. The minimum Gasteiger partial charge on any atom is -0.434 e. The Labute approximate surface area is 144 Å². The lowest BCUT2D eigenvalue weighted by molar-refractivity contribution is 0.0529. The fraction of sp³-hybridized carbons (Fsp3) is 0.950. The Morgan fingerprint density at radius 2 is 0.826 bits per heavy atom. The van der Waals surface area contributed by atoms with E-state index in [-0.39, 0.29) is 0 Å². The van der Waals surface area contributed by atoms with E-state index >= 15 is 0 Å². The van der Waals surface area contributed by atoms with Crippen LogP contribution >= 0.6 is 0 Å². The number of ether oxygens (including phenoxy) is 2. The van der Waals surface area contributed by atoms with Crippen LogP contribution in [-0.2, 0) is 9.47 Å². The lowest BCUT2D eigenvalue weighted by Crippen LogP contribution is -2.09. The molecular formula is C20H40O3. The quantitative estimate of drug-likeness (QED) is 0.212. The average Bonchev–Trinajstić information content (AvgIpc) is 2.56. The van der Waals surface area contributed by atoms with Gasteiger partial charge in [0.25, 0.3) is 0 Å². The summed E-state index contributed by atoms with van der Waals surface area (Å²) in [7, 11) is 0. The molecule has 0 aliphatic rings. The Balaban J connectivity index is 3.13. The lowest BCUT2D eigenvalue weighted by atomic mass is 10.1. The number of carbonyl (C=O) groups is 1. The fourth-order valence-electron chi connectivity index (χ4n) is 2.65. The lowest BCUT2D eigenvalue weighted by Gasteiger charge is -2.06. The zero-order chi connectivity index (χ0) is 17.0. The maximum atomic E-state index is 11.4. The van der Waals surface area contributed by atoms with Gasteiger partial charge in [-0.15, -0.1) is 0 Å². The first kappa shape index (κ1) is 22.3. The van der Waals surface area contributed by atoms with Gasteiger partial charge in [-0.05, 0) is 12.8 Å². The average molecular weight is 329 g/mol. The Morgan fingerprint density at radius 1 is 0.522 bits per heavy atom. The van der Waals surface area contributed by atoms with Crippen LogP contribution in [0.25, 0.3) is 0 Å². The number of hydrogen-bond acceptors (Lipinski definition) is 3. The molecular weight excluding hydrogens is 288 g/mol. The van der Waals surface area contributed by atoms with Gasteiger partial charge in [-0.3, -0.25) is 0 Å². The van der Waals surface area contributed by atoms with Crippen molar-refractivity contribution >= 4 is 6.16 Å². The molecule has 0 spiro atoms. The molecule has 0 saturated carbocycles. The number of hydrogen-bond donors (Lipinski definition) is 0. The normalized spacial score (nSPS) is 10.7. The largest absolute Gasteiger partial charge is 0.508 e. The van der Waals surface area contributed by atoms with E-state index in [1.54, 1.807) is 0 Å².